The summed E-state index contributed by atoms with van der Waals surface area (Å²) in [5.41, 5.74) is 2.46. The number of hydrogen-bond donors (Lipinski definition) is 2. The van der Waals surface area contributed by atoms with Crippen LogP contribution in [-0.4, -0.2) is 11.8 Å². The van der Waals surface area contributed by atoms with Crippen molar-refractivity contribution in [1.29, 1.82) is 0 Å². The molecule has 0 fully saturated rings. The van der Waals surface area contributed by atoms with Gasteiger partial charge in [-0.1, -0.05) is 50.6 Å². The second-order valence-electron chi connectivity index (χ2n) is 6.02. The van der Waals surface area contributed by atoms with Crippen molar-refractivity contribution in [2.45, 2.75) is 33.1 Å². The van der Waals surface area contributed by atoms with Crippen molar-refractivity contribution < 1.29 is 9.59 Å². The summed E-state index contributed by atoms with van der Waals surface area (Å²) >= 11 is 0. The molecule has 2 aromatic rings. The van der Waals surface area contributed by atoms with E-state index in [4.69, 9.17) is 0 Å². The fourth-order valence-corrected chi connectivity index (χ4v) is 2.69. The van der Waals surface area contributed by atoms with Gasteiger partial charge >= 0.3 is 0 Å². The van der Waals surface area contributed by atoms with Gasteiger partial charge in [0, 0.05) is 18.3 Å². The fourth-order valence-electron chi connectivity index (χ4n) is 2.69. The van der Waals surface area contributed by atoms with Crippen LogP contribution in [0.5, 0.6) is 0 Å². The molecule has 126 valence electrons. The SMILES string of the molecule is CC[C@@H](C)[C@@H](C(=O)Nc1ccc(NC(C)=O)cc1)c1ccccc1. The van der Waals surface area contributed by atoms with Crippen molar-refractivity contribution >= 4 is 23.2 Å². The van der Waals surface area contributed by atoms with Crippen LogP contribution < -0.4 is 10.6 Å². The Bertz CT molecular complexity index is 681. The smallest absolute Gasteiger partial charge is 0.232 e. The Morgan fingerprint density at radius 2 is 1.46 bits per heavy atom. The molecule has 0 saturated carbocycles. The molecular weight excluding hydrogens is 300 g/mol. The zero-order valence-electron chi connectivity index (χ0n) is 14.4. The molecule has 24 heavy (non-hydrogen) atoms. The summed E-state index contributed by atoms with van der Waals surface area (Å²) < 4.78 is 0. The Balaban J connectivity index is 2.14. The lowest BCUT2D eigenvalue weighted by Gasteiger charge is -2.23. The van der Waals surface area contributed by atoms with E-state index in [1.165, 1.54) is 6.92 Å². The minimum atomic E-state index is -0.189. The zero-order chi connectivity index (χ0) is 17.5. The van der Waals surface area contributed by atoms with Crippen molar-refractivity contribution in [1.82, 2.24) is 0 Å². The second kappa shape index (κ2) is 8.29. The van der Waals surface area contributed by atoms with E-state index >= 15 is 0 Å². The summed E-state index contributed by atoms with van der Waals surface area (Å²) in [7, 11) is 0. The number of carbonyl (C=O) groups is 2. The molecule has 0 aliphatic rings. The van der Waals surface area contributed by atoms with Crippen molar-refractivity contribution in [3.05, 3.63) is 60.2 Å². The molecule has 2 rings (SSSR count). The first-order valence-electron chi connectivity index (χ1n) is 8.24. The summed E-state index contributed by atoms with van der Waals surface area (Å²) in [6, 6.07) is 17.0. The molecule has 4 nitrogen and oxygen atoms in total. The van der Waals surface area contributed by atoms with Gasteiger partial charge in [-0.2, -0.15) is 0 Å². The number of anilines is 2. The van der Waals surface area contributed by atoms with E-state index in [1.54, 1.807) is 24.3 Å². The van der Waals surface area contributed by atoms with Crippen LogP contribution in [0.3, 0.4) is 0 Å². The summed E-state index contributed by atoms with van der Waals surface area (Å²) in [5.74, 6) is -0.0761. The monoisotopic (exact) mass is 324 g/mol. The first-order valence-corrected chi connectivity index (χ1v) is 8.24. The highest BCUT2D eigenvalue weighted by Gasteiger charge is 2.25. The molecule has 0 heterocycles. The van der Waals surface area contributed by atoms with Crippen molar-refractivity contribution in [3.63, 3.8) is 0 Å². The van der Waals surface area contributed by atoms with Gasteiger partial charge in [0.15, 0.2) is 0 Å². The van der Waals surface area contributed by atoms with Gasteiger partial charge in [-0.25, -0.2) is 0 Å². The highest BCUT2D eigenvalue weighted by Crippen LogP contribution is 2.28. The molecule has 0 saturated heterocycles. The molecule has 2 aromatic carbocycles. The van der Waals surface area contributed by atoms with Crippen LogP contribution in [0.4, 0.5) is 11.4 Å². The van der Waals surface area contributed by atoms with E-state index in [0.717, 1.165) is 17.7 Å². The van der Waals surface area contributed by atoms with Gasteiger partial charge in [0.2, 0.25) is 11.8 Å². The van der Waals surface area contributed by atoms with Gasteiger partial charge in [-0.15, -0.1) is 0 Å². The number of hydrogen-bond acceptors (Lipinski definition) is 2. The van der Waals surface area contributed by atoms with Crippen LogP contribution in [0.1, 0.15) is 38.7 Å². The molecule has 2 N–H and O–H groups in total. The molecule has 2 atom stereocenters. The van der Waals surface area contributed by atoms with Crippen LogP contribution >= 0.6 is 0 Å². The van der Waals surface area contributed by atoms with Crippen molar-refractivity contribution in [3.8, 4) is 0 Å². The minimum absolute atomic E-state index is 0.0113. The van der Waals surface area contributed by atoms with Gasteiger partial charge in [0.25, 0.3) is 0 Å². The van der Waals surface area contributed by atoms with Crippen LogP contribution in [-0.2, 0) is 9.59 Å². The van der Waals surface area contributed by atoms with E-state index in [0.29, 0.717) is 5.69 Å². The van der Waals surface area contributed by atoms with Crippen LogP contribution in [0.2, 0.25) is 0 Å². The molecule has 0 bridgehead atoms. The maximum Gasteiger partial charge on any atom is 0.232 e. The number of nitrogens with one attached hydrogen (secondary N) is 2. The maximum absolute atomic E-state index is 12.8. The molecule has 0 aliphatic heterocycles. The zero-order valence-corrected chi connectivity index (χ0v) is 14.4. The van der Waals surface area contributed by atoms with Crippen molar-refractivity contribution in [2.24, 2.45) is 5.92 Å². The maximum atomic E-state index is 12.8. The highest BCUT2D eigenvalue weighted by atomic mass is 16.2. The van der Waals surface area contributed by atoms with E-state index in [1.807, 2.05) is 30.3 Å². The highest BCUT2D eigenvalue weighted by molar-refractivity contribution is 5.96. The number of carbonyl (C=O) groups excluding carboxylic acids is 2. The lowest BCUT2D eigenvalue weighted by molar-refractivity contribution is -0.118. The Morgan fingerprint density at radius 3 is 1.96 bits per heavy atom. The third-order valence-electron chi connectivity index (χ3n) is 4.13. The third kappa shape index (κ3) is 4.69. The van der Waals surface area contributed by atoms with Gasteiger partial charge in [0.05, 0.1) is 5.92 Å². The quantitative estimate of drug-likeness (QED) is 0.826. The largest absolute Gasteiger partial charge is 0.326 e. The van der Waals surface area contributed by atoms with E-state index in [9.17, 15) is 9.59 Å². The number of amides is 2. The Morgan fingerprint density at radius 1 is 0.917 bits per heavy atom. The van der Waals surface area contributed by atoms with Crippen LogP contribution in [0.25, 0.3) is 0 Å². The summed E-state index contributed by atoms with van der Waals surface area (Å²) in [6.07, 6.45) is 0.925. The Labute approximate surface area is 143 Å². The fraction of sp³-hybridized carbons (Fsp3) is 0.300. The molecule has 4 heteroatoms. The Hall–Kier alpha value is -2.62. The molecule has 0 unspecified atom stereocenters. The summed E-state index contributed by atoms with van der Waals surface area (Å²) in [4.78, 5) is 23.8. The number of benzene rings is 2. The lowest BCUT2D eigenvalue weighted by atomic mass is 9.85. The second-order valence-corrected chi connectivity index (χ2v) is 6.02. The third-order valence-corrected chi connectivity index (χ3v) is 4.13. The van der Waals surface area contributed by atoms with Gasteiger partial charge in [-0.3, -0.25) is 9.59 Å². The molecule has 2 amide bonds. The molecule has 0 aliphatic carbocycles. The van der Waals surface area contributed by atoms with Crippen LogP contribution in [0, 0.1) is 5.92 Å². The first kappa shape index (κ1) is 17.7. The van der Waals surface area contributed by atoms with Gasteiger partial charge in [-0.05, 0) is 35.7 Å². The molecule has 0 aromatic heterocycles. The standard InChI is InChI=1S/C20H24N2O2/c1-4-14(2)19(16-8-6-5-7-9-16)20(24)22-18-12-10-17(11-13-18)21-15(3)23/h5-14,19H,4H2,1-3H3,(H,21,23)(H,22,24)/t14-,19-/m1/s1. The molecule has 0 radical (unpaired) electrons. The van der Waals surface area contributed by atoms with Gasteiger partial charge < -0.3 is 10.6 Å². The van der Waals surface area contributed by atoms with Crippen LogP contribution in [0.15, 0.2) is 54.6 Å². The lowest BCUT2D eigenvalue weighted by Crippen LogP contribution is -2.26. The molecule has 0 spiro atoms. The summed E-state index contributed by atoms with van der Waals surface area (Å²) in [5, 5.41) is 5.69. The average Bonchev–Trinajstić information content (AvgIpc) is 2.57. The normalized spacial score (nSPS) is 13.0. The Kier molecular flexibility index (Phi) is 6.13. The number of rotatable bonds is 6. The predicted octanol–water partition coefficient (Wildman–Crippen LogP) is 4.41. The van der Waals surface area contributed by atoms with Crippen molar-refractivity contribution in [2.75, 3.05) is 10.6 Å². The van der Waals surface area contributed by atoms with E-state index in [-0.39, 0.29) is 23.7 Å². The average molecular weight is 324 g/mol. The summed E-state index contributed by atoms with van der Waals surface area (Å²) in [6.45, 7) is 5.65. The van der Waals surface area contributed by atoms with E-state index < -0.39 is 0 Å². The topological polar surface area (TPSA) is 58.2 Å². The van der Waals surface area contributed by atoms with Gasteiger partial charge in [0.1, 0.15) is 0 Å². The first-order chi connectivity index (χ1) is 11.5. The molecular formula is C20H24N2O2. The predicted molar refractivity (Wildman–Crippen MR) is 98.0 cm³/mol. The van der Waals surface area contributed by atoms with E-state index in [2.05, 4.69) is 24.5 Å². The minimum Gasteiger partial charge on any atom is -0.326 e.